The third-order valence-electron chi connectivity index (χ3n) is 4.69. The Balaban J connectivity index is 1.44. The number of cyclic esters (lactones) is 1. The quantitative estimate of drug-likeness (QED) is 0.863. The Bertz CT molecular complexity index is 830. The van der Waals surface area contributed by atoms with Gasteiger partial charge in [0.1, 0.15) is 12.4 Å². The molecule has 8 nitrogen and oxygen atoms in total. The van der Waals surface area contributed by atoms with Crippen LogP contribution in [0.2, 0.25) is 0 Å². The molecule has 0 unspecified atom stereocenters. The molecular formula is C18H21N5O3. The number of anilines is 2. The number of nitrogens with one attached hydrogen (secondary N) is 2. The predicted molar refractivity (Wildman–Crippen MR) is 96.0 cm³/mol. The topological polar surface area (TPSA) is 88.5 Å². The van der Waals surface area contributed by atoms with Crippen LogP contribution in [-0.4, -0.2) is 34.8 Å². The van der Waals surface area contributed by atoms with Crippen LogP contribution in [0, 0.1) is 5.92 Å². The van der Waals surface area contributed by atoms with Gasteiger partial charge in [-0.2, -0.15) is 0 Å². The summed E-state index contributed by atoms with van der Waals surface area (Å²) < 4.78 is 6.89. The van der Waals surface area contributed by atoms with Gasteiger partial charge >= 0.3 is 12.1 Å². The van der Waals surface area contributed by atoms with Crippen LogP contribution in [0.25, 0.3) is 0 Å². The normalized spacial score (nSPS) is 17.7. The molecule has 2 aliphatic rings. The second-order valence-corrected chi connectivity index (χ2v) is 6.63. The van der Waals surface area contributed by atoms with Gasteiger partial charge in [0.15, 0.2) is 0 Å². The van der Waals surface area contributed by atoms with Crippen molar-refractivity contribution in [1.82, 2.24) is 14.9 Å². The van der Waals surface area contributed by atoms with Gasteiger partial charge in [0, 0.05) is 30.8 Å². The van der Waals surface area contributed by atoms with Crippen LogP contribution < -0.4 is 15.5 Å². The van der Waals surface area contributed by atoms with Crippen LogP contribution in [-0.2, 0) is 11.8 Å². The molecule has 1 aliphatic carbocycles. The zero-order valence-electron chi connectivity index (χ0n) is 14.5. The zero-order valence-corrected chi connectivity index (χ0v) is 14.5. The molecule has 136 valence electrons. The third-order valence-corrected chi connectivity index (χ3v) is 4.69. The van der Waals surface area contributed by atoms with E-state index in [1.165, 1.54) is 0 Å². The van der Waals surface area contributed by atoms with E-state index < -0.39 is 0 Å². The van der Waals surface area contributed by atoms with Gasteiger partial charge in [-0.05, 0) is 37.0 Å². The molecule has 1 atom stereocenters. The van der Waals surface area contributed by atoms with Gasteiger partial charge < -0.3 is 19.9 Å². The number of urea groups is 1. The maximum Gasteiger partial charge on any atom is 0.414 e. The molecule has 0 radical (unpaired) electrons. The second kappa shape index (κ2) is 6.70. The fourth-order valence-electron chi connectivity index (χ4n) is 3.19. The molecule has 1 saturated heterocycles. The van der Waals surface area contributed by atoms with Gasteiger partial charge in [0.2, 0.25) is 0 Å². The maximum atomic E-state index is 12.5. The number of hydrogen-bond acceptors (Lipinski definition) is 4. The van der Waals surface area contributed by atoms with E-state index in [0.717, 1.165) is 18.7 Å². The number of hydrogen-bond donors (Lipinski definition) is 2. The van der Waals surface area contributed by atoms with E-state index in [2.05, 4.69) is 15.6 Å². The molecule has 2 fully saturated rings. The van der Waals surface area contributed by atoms with E-state index in [-0.39, 0.29) is 18.2 Å². The highest BCUT2D eigenvalue weighted by atomic mass is 16.6. The summed E-state index contributed by atoms with van der Waals surface area (Å²) >= 11 is 0. The summed E-state index contributed by atoms with van der Waals surface area (Å²) in [5.41, 5.74) is 1.32. The number of imidazole rings is 1. The molecule has 8 heteroatoms. The molecular weight excluding hydrogens is 334 g/mol. The molecule has 1 aromatic heterocycles. The first-order valence-corrected chi connectivity index (χ1v) is 8.71. The van der Waals surface area contributed by atoms with Crippen LogP contribution in [0.4, 0.5) is 21.0 Å². The van der Waals surface area contributed by atoms with Gasteiger partial charge in [0.25, 0.3) is 0 Å². The van der Waals surface area contributed by atoms with Crippen LogP contribution in [0.15, 0.2) is 36.7 Å². The lowest BCUT2D eigenvalue weighted by atomic mass is 10.1. The van der Waals surface area contributed by atoms with Crippen molar-refractivity contribution in [3.63, 3.8) is 0 Å². The van der Waals surface area contributed by atoms with Crippen molar-refractivity contribution in [2.45, 2.75) is 18.9 Å². The summed E-state index contributed by atoms with van der Waals surface area (Å²) in [4.78, 5) is 30.1. The highest BCUT2D eigenvalue weighted by Crippen LogP contribution is 2.40. The standard InChI is InChI=1S/C18H21N5O3/c1-22-8-7-19-16(22)15(12-5-6-12)21-17(24)20-13-3-2-4-14(11-13)23-9-10-26-18(23)25/h2-4,7-8,11-12,15H,5-6,9-10H2,1H3,(H2,20,21,24)/t15-/m0/s1. The summed E-state index contributed by atoms with van der Waals surface area (Å²) in [6, 6.07) is 6.78. The average Bonchev–Trinajstić information content (AvgIpc) is 3.24. The number of amides is 3. The van der Waals surface area contributed by atoms with Crippen molar-refractivity contribution >= 4 is 23.5 Å². The highest BCUT2D eigenvalue weighted by Gasteiger charge is 2.35. The Kier molecular flexibility index (Phi) is 4.24. The van der Waals surface area contributed by atoms with E-state index in [1.54, 1.807) is 29.3 Å². The summed E-state index contributed by atoms with van der Waals surface area (Å²) in [5.74, 6) is 1.28. The molecule has 1 aromatic carbocycles. The first-order valence-electron chi connectivity index (χ1n) is 8.71. The molecule has 4 rings (SSSR count). The molecule has 2 N–H and O–H groups in total. The number of carbonyl (C=O) groups excluding carboxylic acids is 2. The Morgan fingerprint density at radius 1 is 1.38 bits per heavy atom. The van der Waals surface area contributed by atoms with Crippen molar-refractivity contribution in [3.8, 4) is 0 Å². The largest absolute Gasteiger partial charge is 0.447 e. The van der Waals surface area contributed by atoms with Gasteiger partial charge in [-0.15, -0.1) is 0 Å². The fraction of sp³-hybridized carbons (Fsp3) is 0.389. The number of ether oxygens (including phenoxy) is 1. The third kappa shape index (κ3) is 3.35. The summed E-state index contributed by atoms with van der Waals surface area (Å²) in [7, 11) is 1.93. The summed E-state index contributed by atoms with van der Waals surface area (Å²) in [6.07, 6.45) is 5.43. The second-order valence-electron chi connectivity index (χ2n) is 6.63. The van der Waals surface area contributed by atoms with Gasteiger partial charge in [-0.25, -0.2) is 14.6 Å². The van der Waals surface area contributed by atoms with Crippen LogP contribution in [0.1, 0.15) is 24.7 Å². The molecule has 0 bridgehead atoms. The number of nitrogens with zero attached hydrogens (tertiary/aromatic N) is 3. The van der Waals surface area contributed by atoms with Gasteiger partial charge in [0.05, 0.1) is 12.6 Å². The SMILES string of the molecule is Cn1ccnc1[C@@H](NC(=O)Nc1cccc(N2CCOC2=O)c1)C1CC1. The van der Waals surface area contributed by atoms with E-state index in [0.29, 0.717) is 30.4 Å². The summed E-state index contributed by atoms with van der Waals surface area (Å²) in [6.45, 7) is 0.890. The smallest absolute Gasteiger partial charge is 0.414 e. The predicted octanol–water partition coefficient (Wildman–Crippen LogP) is 2.65. The molecule has 1 saturated carbocycles. The molecule has 2 aromatic rings. The van der Waals surface area contributed by atoms with E-state index in [1.807, 2.05) is 23.9 Å². The highest BCUT2D eigenvalue weighted by molar-refractivity contribution is 5.93. The van der Waals surface area contributed by atoms with Crippen molar-refractivity contribution in [2.75, 3.05) is 23.4 Å². The Morgan fingerprint density at radius 3 is 2.88 bits per heavy atom. The molecule has 2 heterocycles. The first kappa shape index (κ1) is 16.4. The number of carbonyl (C=O) groups is 2. The number of rotatable bonds is 5. The minimum atomic E-state index is -0.366. The monoisotopic (exact) mass is 355 g/mol. The number of aryl methyl sites for hydroxylation is 1. The summed E-state index contributed by atoms with van der Waals surface area (Å²) in [5, 5.41) is 5.88. The lowest BCUT2D eigenvalue weighted by Crippen LogP contribution is -2.35. The van der Waals surface area contributed by atoms with E-state index >= 15 is 0 Å². The van der Waals surface area contributed by atoms with Gasteiger partial charge in [-0.3, -0.25) is 4.90 Å². The van der Waals surface area contributed by atoms with Crippen molar-refractivity contribution < 1.29 is 14.3 Å². The fourth-order valence-corrected chi connectivity index (χ4v) is 3.19. The first-order chi connectivity index (χ1) is 12.6. The van der Waals surface area contributed by atoms with Crippen LogP contribution >= 0.6 is 0 Å². The van der Waals surface area contributed by atoms with E-state index in [4.69, 9.17) is 4.74 Å². The van der Waals surface area contributed by atoms with Gasteiger partial charge in [-0.1, -0.05) is 6.07 Å². The number of benzene rings is 1. The lowest BCUT2D eigenvalue weighted by molar-refractivity contribution is 0.181. The Labute approximate surface area is 151 Å². The Morgan fingerprint density at radius 2 is 2.23 bits per heavy atom. The van der Waals surface area contributed by atoms with E-state index in [9.17, 15) is 9.59 Å². The number of aromatic nitrogens is 2. The van der Waals surface area contributed by atoms with Crippen molar-refractivity contribution in [1.29, 1.82) is 0 Å². The minimum Gasteiger partial charge on any atom is -0.447 e. The molecule has 1 aliphatic heterocycles. The maximum absolute atomic E-state index is 12.5. The van der Waals surface area contributed by atoms with Crippen LogP contribution in [0.5, 0.6) is 0 Å². The van der Waals surface area contributed by atoms with Crippen molar-refractivity contribution in [3.05, 3.63) is 42.5 Å². The lowest BCUT2D eigenvalue weighted by Gasteiger charge is -2.19. The van der Waals surface area contributed by atoms with Crippen molar-refractivity contribution in [2.24, 2.45) is 13.0 Å². The zero-order chi connectivity index (χ0) is 18.1. The average molecular weight is 355 g/mol. The molecule has 0 spiro atoms. The molecule has 26 heavy (non-hydrogen) atoms. The molecule has 3 amide bonds. The minimum absolute atomic E-state index is 0.105. The Hall–Kier alpha value is -3.03. The van der Waals surface area contributed by atoms with Crippen LogP contribution in [0.3, 0.4) is 0 Å².